The number of carbonyl (C=O) groups excluding carboxylic acids is 1. The molecule has 0 spiro atoms. The molecule has 0 saturated heterocycles. The zero-order valence-electron chi connectivity index (χ0n) is 25.7. The topological polar surface area (TPSA) is 57.5 Å². The lowest BCUT2D eigenvalue weighted by atomic mass is 9.38. The summed E-state index contributed by atoms with van der Waals surface area (Å²) in [5.74, 6) is 3.30. The predicted molar refractivity (Wildman–Crippen MR) is 153 cm³/mol. The van der Waals surface area contributed by atoms with Gasteiger partial charge in [0.1, 0.15) is 5.78 Å². The third-order valence-electron chi connectivity index (χ3n) is 13.0. The number of unbranched alkanes of at least 4 members (excludes halogenated alkanes) is 2. The van der Waals surface area contributed by atoms with Gasteiger partial charge in [-0.05, 0) is 97.4 Å². The van der Waals surface area contributed by atoms with Gasteiger partial charge >= 0.3 is 0 Å². The molecule has 3 nitrogen and oxygen atoms in total. The van der Waals surface area contributed by atoms with E-state index < -0.39 is 17.6 Å². The molecule has 3 fully saturated rings. The van der Waals surface area contributed by atoms with Gasteiger partial charge in [0.15, 0.2) is 0 Å². The highest BCUT2D eigenvalue weighted by atomic mass is 16.3. The van der Waals surface area contributed by atoms with Gasteiger partial charge in [-0.1, -0.05) is 86.6 Å². The van der Waals surface area contributed by atoms with Crippen LogP contribution in [0.3, 0.4) is 0 Å². The number of rotatable bonds is 6. The fraction of sp³-hybridized carbons (Fsp3) is 0.912. The normalized spacial score (nSPS) is 49.9. The van der Waals surface area contributed by atoms with Crippen LogP contribution in [0.4, 0.5) is 0 Å². The Kier molecular flexibility index (Phi) is 7.97. The van der Waals surface area contributed by atoms with Gasteiger partial charge in [0.25, 0.3) is 0 Å². The molecule has 0 amide bonds. The van der Waals surface area contributed by atoms with E-state index in [4.69, 9.17) is 0 Å². The minimum atomic E-state index is -0.699. The highest BCUT2D eigenvalue weighted by molar-refractivity contribution is 5.79. The van der Waals surface area contributed by atoms with Gasteiger partial charge in [0.2, 0.25) is 0 Å². The monoisotopic (exact) mass is 514 g/mol. The summed E-state index contributed by atoms with van der Waals surface area (Å²) >= 11 is 0. The molecule has 0 aromatic heterocycles. The number of ketones is 1. The Bertz CT molecular complexity index is 905. The molecule has 4 aliphatic rings. The van der Waals surface area contributed by atoms with Gasteiger partial charge in [0, 0.05) is 11.3 Å². The first-order valence-corrected chi connectivity index (χ1v) is 15.7. The van der Waals surface area contributed by atoms with Crippen LogP contribution in [-0.2, 0) is 4.79 Å². The Balaban J connectivity index is 1.81. The zero-order chi connectivity index (χ0) is 27.7. The van der Waals surface area contributed by atoms with Crippen molar-refractivity contribution in [3.63, 3.8) is 0 Å². The van der Waals surface area contributed by atoms with Crippen LogP contribution >= 0.6 is 0 Å². The molecular weight excluding hydrogens is 456 g/mol. The van der Waals surface area contributed by atoms with Crippen molar-refractivity contribution < 1.29 is 15.0 Å². The lowest BCUT2D eigenvalue weighted by Crippen LogP contribution is -2.64. The van der Waals surface area contributed by atoms with E-state index in [0.717, 1.165) is 19.3 Å². The summed E-state index contributed by atoms with van der Waals surface area (Å²) in [4.78, 5) is 12.7. The second-order valence-corrected chi connectivity index (χ2v) is 15.5. The Labute approximate surface area is 228 Å². The molecule has 4 aliphatic carbocycles. The van der Waals surface area contributed by atoms with E-state index in [-0.39, 0.29) is 28.4 Å². The van der Waals surface area contributed by atoms with Crippen molar-refractivity contribution in [2.45, 2.75) is 133 Å². The molecule has 0 bridgehead atoms. The Hall–Kier alpha value is -0.670. The van der Waals surface area contributed by atoms with Crippen LogP contribution in [0.5, 0.6) is 0 Å². The van der Waals surface area contributed by atoms with Crippen molar-refractivity contribution in [1.82, 2.24) is 0 Å². The second-order valence-electron chi connectivity index (χ2n) is 15.5. The molecule has 212 valence electrons. The maximum absolute atomic E-state index is 12.7. The minimum absolute atomic E-state index is 0.0522. The first-order chi connectivity index (χ1) is 17.1. The average molecular weight is 515 g/mol. The SMILES string of the molecule is CCCCCC1CC(C(C)C)C2CC3(C)CC4(C)CC(C)C(C(C)=O)C(O)C4(C)C(C)=C3C(O)C2C1C. The first kappa shape index (κ1) is 29.3. The summed E-state index contributed by atoms with van der Waals surface area (Å²) in [6.45, 7) is 22.6. The number of Topliss-reactive ketones (excluding diaryl/α,β-unsaturated/α-hetero) is 1. The molecule has 0 radical (unpaired) electrons. The summed E-state index contributed by atoms with van der Waals surface area (Å²) in [7, 11) is 0. The zero-order valence-corrected chi connectivity index (χ0v) is 25.7. The van der Waals surface area contributed by atoms with Crippen molar-refractivity contribution >= 4 is 5.78 Å². The number of hydrogen-bond donors (Lipinski definition) is 2. The summed E-state index contributed by atoms with van der Waals surface area (Å²) in [5.41, 5.74) is 1.79. The van der Waals surface area contributed by atoms with Crippen molar-refractivity contribution in [2.24, 2.45) is 63.6 Å². The van der Waals surface area contributed by atoms with E-state index in [1.54, 1.807) is 6.92 Å². The fourth-order valence-corrected chi connectivity index (χ4v) is 11.1. The maximum Gasteiger partial charge on any atom is 0.135 e. The third-order valence-corrected chi connectivity index (χ3v) is 13.0. The maximum atomic E-state index is 12.7. The molecule has 3 heteroatoms. The van der Waals surface area contributed by atoms with E-state index in [9.17, 15) is 15.0 Å². The molecule has 37 heavy (non-hydrogen) atoms. The number of fused-ring (bicyclic) bond motifs is 3. The molecule has 0 aliphatic heterocycles. The van der Waals surface area contributed by atoms with Crippen LogP contribution in [-0.4, -0.2) is 28.2 Å². The number of aliphatic hydroxyl groups is 2. The van der Waals surface area contributed by atoms with Gasteiger partial charge in [-0.15, -0.1) is 0 Å². The summed E-state index contributed by atoms with van der Waals surface area (Å²) in [6, 6.07) is 0. The van der Waals surface area contributed by atoms with Crippen LogP contribution in [0.25, 0.3) is 0 Å². The first-order valence-electron chi connectivity index (χ1n) is 15.7. The lowest BCUT2D eigenvalue weighted by Gasteiger charge is -2.67. The summed E-state index contributed by atoms with van der Waals surface area (Å²) in [6.07, 6.45) is 8.43. The minimum Gasteiger partial charge on any atom is -0.391 e. The highest BCUT2D eigenvalue weighted by Gasteiger charge is 2.66. The molecule has 4 rings (SSSR count). The van der Waals surface area contributed by atoms with Gasteiger partial charge < -0.3 is 10.2 Å². The Morgan fingerprint density at radius 2 is 1.73 bits per heavy atom. The standard InChI is InChI=1S/C34H58O3/c1-11-12-13-14-24-15-25(19(2)3)26-17-32(8)18-33(9)16-20(4)27(23(7)35)31(37)34(33,10)22(6)29(32)30(36)28(26)21(24)5/h19-21,24-28,30-31,36-37H,11-18H2,1-10H3. The van der Waals surface area contributed by atoms with Gasteiger partial charge in [-0.3, -0.25) is 4.79 Å². The molecule has 12 atom stereocenters. The van der Waals surface area contributed by atoms with Crippen molar-refractivity contribution in [1.29, 1.82) is 0 Å². The Morgan fingerprint density at radius 1 is 1.08 bits per heavy atom. The number of hydrogen-bond acceptors (Lipinski definition) is 3. The smallest absolute Gasteiger partial charge is 0.135 e. The second kappa shape index (κ2) is 10.1. The van der Waals surface area contributed by atoms with E-state index in [0.29, 0.717) is 35.5 Å². The molecule has 2 N–H and O–H groups in total. The predicted octanol–water partition coefficient (Wildman–Crippen LogP) is 7.84. The summed E-state index contributed by atoms with van der Waals surface area (Å²) in [5, 5.41) is 24.3. The van der Waals surface area contributed by atoms with Gasteiger partial charge in [-0.2, -0.15) is 0 Å². The van der Waals surface area contributed by atoms with E-state index in [1.807, 2.05) is 0 Å². The van der Waals surface area contributed by atoms with Crippen molar-refractivity contribution in [3.8, 4) is 0 Å². The Morgan fingerprint density at radius 3 is 2.30 bits per heavy atom. The quantitative estimate of drug-likeness (QED) is 0.280. The lowest BCUT2D eigenvalue weighted by molar-refractivity contribution is -0.171. The molecule has 0 aromatic carbocycles. The molecule has 3 saturated carbocycles. The molecule has 0 heterocycles. The van der Waals surface area contributed by atoms with E-state index in [2.05, 4.69) is 62.3 Å². The van der Waals surface area contributed by atoms with E-state index >= 15 is 0 Å². The van der Waals surface area contributed by atoms with Crippen LogP contribution in [0.15, 0.2) is 11.1 Å². The van der Waals surface area contributed by atoms with Gasteiger partial charge in [-0.25, -0.2) is 0 Å². The number of aliphatic hydroxyl groups excluding tert-OH is 2. The summed E-state index contributed by atoms with van der Waals surface area (Å²) < 4.78 is 0. The van der Waals surface area contributed by atoms with Crippen LogP contribution in [0.2, 0.25) is 0 Å². The fourth-order valence-electron chi connectivity index (χ4n) is 11.1. The van der Waals surface area contributed by atoms with Crippen LogP contribution < -0.4 is 0 Å². The van der Waals surface area contributed by atoms with Gasteiger partial charge in [0.05, 0.1) is 12.2 Å². The average Bonchev–Trinajstić information content (AvgIpc) is 2.77. The van der Waals surface area contributed by atoms with Crippen molar-refractivity contribution in [3.05, 3.63) is 11.1 Å². The van der Waals surface area contributed by atoms with Crippen LogP contribution in [0, 0.1) is 63.6 Å². The molecule has 0 aromatic rings. The highest BCUT2D eigenvalue weighted by Crippen LogP contribution is 2.71. The molecular formula is C34H58O3. The number of carbonyl (C=O) groups is 1. The van der Waals surface area contributed by atoms with E-state index in [1.165, 1.54) is 43.3 Å². The third kappa shape index (κ3) is 4.32. The molecule has 12 unspecified atom stereocenters. The largest absolute Gasteiger partial charge is 0.391 e. The van der Waals surface area contributed by atoms with Crippen LogP contribution in [0.1, 0.15) is 121 Å². The van der Waals surface area contributed by atoms with Crippen molar-refractivity contribution in [2.75, 3.05) is 0 Å².